The number of halogens is 3. The molecular formula is C22H25F3N10O. The van der Waals surface area contributed by atoms with Crippen LogP contribution >= 0.6 is 0 Å². The summed E-state index contributed by atoms with van der Waals surface area (Å²) in [6, 6.07) is 4.36. The van der Waals surface area contributed by atoms with Crippen LogP contribution in [0.5, 0.6) is 0 Å². The summed E-state index contributed by atoms with van der Waals surface area (Å²) in [7, 11) is 1.70. The monoisotopic (exact) mass is 502 g/mol. The number of hydrogen-bond donors (Lipinski definition) is 2. The van der Waals surface area contributed by atoms with Gasteiger partial charge in [0.25, 0.3) is 5.92 Å². The zero-order valence-corrected chi connectivity index (χ0v) is 19.5. The molecule has 190 valence electrons. The number of anilines is 2. The quantitative estimate of drug-likeness (QED) is 0.392. The lowest BCUT2D eigenvalue weighted by Gasteiger charge is -2.44. The van der Waals surface area contributed by atoms with E-state index in [0.29, 0.717) is 48.0 Å². The van der Waals surface area contributed by atoms with Crippen molar-refractivity contribution in [3.05, 3.63) is 24.4 Å². The summed E-state index contributed by atoms with van der Waals surface area (Å²) in [6.07, 6.45) is 1.99. The van der Waals surface area contributed by atoms with Crippen molar-refractivity contribution < 1.29 is 17.9 Å². The number of aryl methyl sites for hydroxylation is 1. The van der Waals surface area contributed by atoms with Crippen molar-refractivity contribution in [3.8, 4) is 11.3 Å². The molecule has 0 aliphatic carbocycles. The van der Waals surface area contributed by atoms with Gasteiger partial charge in [0, 0.05) is 25.4 Å². The van der Waals surface area contributed by atoms with Crippen LogP contribution < -0.4 is 10.6 Å². The Morgan fingerprint density at radius 3 is 2.78 bits per heavy atom. The van der Waals surface area contributed by atoms with Crippen molar-refractivity contribution in [1.82, 2.24) is 39.5 Å². The third-order valence-electron chi connectivity index (χ3n) is 6.75. The topological polar surface area (TPSA) is 110 Å². The largest absolute Gasteiger partial charge is 0.378 e. The van der Waals surface area contributed by atoms with Crippen molar-refractivity contribution in [2.45, 2.75) is 31.0 Å². The molecule has 6 rings (SSSR count). The molecule has 6 heterocycles. The van der Waals surface area contributed by atoms with E-state index in [4.69, 9.17) is 4.74 Å². The summed E-state index contributed by atoms with van der Waals surface area (Å²) in [5.41, 5.74) is 2.99. The molecule has 0 saturated carbocycles. The van der Waals surface area contributed by atoms with Gasteiger partial charge in [-0.15, -0.1) is 10.2 Å². The highest BCUT2D eigenvalue weighted by Gasteiger charge is 2.47. The third-order valence-corrected chi connectivity index (χ3v) is 6.75. The highest BCUT2D eigenvalue weighted by atomic mass is 19.3. The lowest BCUT2D eigenvalue weighted by molar-refractivity contribution is -0.131. The van der Waals surface area contributed by atoms with Gasteiger partial charge in [0.1, 0.15) is 17.7 Å². The van der Waals surface area contributed by atoms with Crippen LogP contribution in [-0.4, -0.2) is 97.5 Å². The molecule has 0 amide bonds. The van der Waals surface area contributed by atoms with E-state index < -0.39 is 18.6 Å². The van der Waals surface area contributed by atoms with Crippen LogP contribution in [-0.2, 0) is 11.3 Å². The van der Waals surface area contributed by atoms with Gasteiger partial charge in [0.15, 0.2) is 11.5 Å². The molecule has 2 N–H and O–H groups in total. The Bertz CT molecular complexity index is 1400. The first-order valence-electron chi connectivity index (χ1n) is 11.8. The van der Waals surface area contributed by atoms with Crippen LogP contribution in [0.2, 0.25) is 0 Å². The first-order chi connectivity index (χ1) is 17.5. The second kappa shape index (κ2) is 8.85. The van der Waals surface area contributed by atoms with E-state index in [9.17, 15) is 13.2 Å². The standard InChI is InChI=1S/C22H25F3N10O/c1-26-19-18-14(15-2-3-16-20(27-15)35(9-6-23)32-30-16)4-8-34(18)31-21(29-19)28-17-5-7-33(12-22(17,24)25)13-10-36-11-13/h2-4,8,13,17H,5-7,9-12H2,1H3,(H2,26,28,29,31)/t17-/m1/s1. The van der Waals surface area contributed by atoms with Gasteiger partial charge in [-0.1, -0.05) is 5.21 Å². The Hall–Kier alpha value is -3.52. The maximum atomic E-state index is 15.0. The number of rotatable bonds is 7. The number of alkyl halides is 3. The van der Waals surface area contributed by atoms with Gasteiger partial charge in [-0.25, -0.2) is 27.4 Å². The fourth-order valence-corrected chi connectivity index (χ4v) is 4.75. The molecule has 2 saturated heterocycles. The summed E-state index contributed by atoms with van der Waals surface area (Å²) in [4.78, 5) is 10.9. The van der Waals surface area contributed by atoms with E-state index >= 15 is 0 Å². The highest BCUT2D eigenvalue weighted by molar-refractivity contribution is 5.89. The predicted octanol–water partition coefficient (Wildman–Crippen LogP) is 2.07. The van der Waals surface area contributed by atoms with Gasteiger partial charge in [-0.05, 0) is 24.6 Å². The second-order valence-corrected chi connectivity index (χ2v) is 9.01. The predicted molar refractivity (Wildman–Crippen MR) is 126 cm³/mol. The minimum absolute atomic E-state index is 0.0569. The molecule has 0 spiro atoms. The fraction of sp³-hybridized carbons (Fsp3) is 0.500. The first kappa shape index (κ1) is 22.9. The molecule has 0 aromatic carbocycles. The van der Waals surface area contributed by atoms with Crippen molar-refractivity contribution in [2.24, 2.45) is 0 Å². The SMILES string of the molecule is CNc1nc(N[C@@H]2CCN(C3COC3)CC2(F)F)nn2ccc(-c3ccc4nnn(CCF)c4n3)c12. The molecule has 0 unspecified atom stereocenters. The number of piperidine rings is 1. The minimum atomic E-state index is -2.94. The summed E-state index contributed by atoms with van der Waals surface area (Å²) < 4.78 is 51.0. The Balaban J connectivity index is 1.30. The van der Waals surface area contributed by atoms with Gasteiger partial charge in [0.2, 0.25) is 5.95 Å². The van der Waals surface area contributed by atoms with Gasteiger partial charge in [-0.2, -0.15) is 4.98 Å². The lowest BCUT2D eigenvalue weighted by Crippen LogP contribution is -2.61. The van der Waals surface area contributed by atoms with Crippen molar-refractivity contribution in [3.63, 3.8) is 0 Å². The zero-order chi connectivity index (χ0) is 24.9. The summed E-state index contributed by atoms with van der Waals surface area (Å²) >= 11 is 0. The molecule has 1 atom stereocenters. The molecule has 0 bridgehead atoms. The summed E-state index contributed by atoms with van der Waals surface area (Å²) in [5.74, 6) is -2.38. The summed E-state index contributed by atoms with van der Waals surface area (Å²) in [5, 5.41) is 18.3. The number of fused-ring (bicyclic) bond motifs is 2. The third kappa shape index (κ3) is 3.89. The second-order valence-electron chi connectivity index (χ2n) is 9.01. The molecule has 0 radical (unpaired) electrons. The molecule has 11 nitrogen and oxygen atoms in total. The van der Waals surface area contributed by atoms with E-state index in [-0.39, 0.29) is 31.5 Å². The van der Waals surface area contributed by atoms with E-state index in [0.717, 1.165) is 5.56 Å². The summed E-state index contributed by atoms with van der Waals surface area (Å²) in [6.45, 7) is 0.715. The van der Waals surface area contributed by atoms with Crippen LogP contribution in [0.25, 0.3) is 27.9 Å². The molecule has 2 aliphatic heterocycles. The molecular weight excluding hydrogens is 477 g/mol. The van der Waals surface area contributed by atoms with E-state index in [1.165, 1.54) is 4.68 Å². The van der Waals surface area contributed by atoms with Crippen molar-refractivity contribution in [2.75, 3.05) is 50.7 Å². The average molecular weight is 503 g/mol. The van der Waals surface area contributed by atoms with Gasteiger partial charge in [0.05, 0.1) is 44.1 Å². The molecule has 14 heteroatoms. The first-order valence-corrected chi connectivity index (χ1v) is 11.8. The Labute approximate surface area is 203 Å². The molecule has 2 aliphatic rings. The maximum Gasteiger partial charge on any atom is 0.280 e. The van der Waals surface area contributed by atoms with Gasteiger partial charge < -0.3 is 15.4 Å². The van der Waals surface area contributed by atoms with E-state index in [2.05, 4.69) is 36.0 Å². The van der Waals surface area contributed by atoms with Crippen LogP contribution in [0, 0.1) is 0 Å². The van der Waals surface area contributed by atoms with Gasteiger partial charge >= 0.3 is 0 Å². The zero-order valence-electron chi connectivity index (χ0n) is 19.5. The normalized spacial score (nSPS) is 20.6. The average Bonchev–Trinajstić information content (AvgIpc) is 3.43. The molecule has 2 fully saturated rings. The van der Waals surface area contributed by atoms with Crippen LogP contribution in [0.1, 0.15) is 6.42 Å². The number of ether oxygens (including phenoxy) is 1. The minimum Gasteiger partial charge on any atom is -0.378 e. The smallest absolute Gasteiger partial charge is 0.280 e. The Morgan fingerprint density at radius 2 is 2.06 bits per heavy atom. The number of pyridine rings is 1. The van der Waals surface area contributed by atoms with Crippen LogP contribution in [0.3, 0.4) is 0 Å². The fourth-order valence-electron chi connectivity index (χ4n) is 4.75. The Kier molecular flexibility index (Phi) is 5.63. The van der Waals surface area contributed by atoms with Crippen molar-refractivity contribution >= 4 is 28.4 Å². The number of aromatic nitrogens is 7. The maximum absolute atomic E-state index is 15.0. The molecule has 36 heavy (non-hydrogen) atoms. The van der Waals surface area contributed by atoms with Crippen molar-refractivity contribution in [1.29, 1.82) is 0 Å². The number of hydrogen-bond acceptors (Lipinski definition) is 9. The number of likely N-dealkylation sites (tertiary alicyclic amines) is 1. The van der Waals surface area contributed by atoms with E-state index in [1.807, 2.05) is 6.07 Å². The van der Waals surface area contributed by atoms with E-state index in [1.54, 1.807) is 34.8 Å². The molecule has 4 aromatic heterocycles. The number of nitrogens with one attached hydrogen (secondary N) is 2. The lowest BCUT2D eigenvalue weighted by atomic mass is 9.98. The molecule has 4 aromatic rings. The van der Waals surface area contributed by atoms with Gasteiger partial charge in [-0.3, -0.25) is 4.90 Å². The highest BCUT2D eigenvalue weighted by Crippen LogP contribution is 2.33. The number of nitrogens with zero attached hydrogens (tertiary/aromatic N) is 8. The van der Waals surface area contributed by atoms with Crippen LogP contribution in [0.15, 0.2) is 24.4 Å². The Morgan fingerprint density at radius 1 is 1.19 bits per heavy atom. The van der Waals surface area contributed by atoms with Crippen LogP contribution in [0.4, 0.5) is 24.9 Å².